The predicted molar refractivity (Wildman–Crippen MR) is 93.7 cm³/mol. The third-order valence-corrected chi connectivity index (χ3v) is 9.46. The normalized spacial score (nSPS) is 16.8. The van der Waals surface area contributed by atoms with Gasteiger partial charge in [0.1, 0.15) is 11.3 Å². The molecule has 1 aliphatic rings. The Morgan fingerprint density at radius 3 is 1.91 bits per heavy atom. The summed E-state index contributed by atoms with van der Waals surface area (Å²) in [4.78, 5) is 11.6. The molecule has 2 aromatic rings. The van der Waals surface area contributed by atoms with Gasteiger partial charge in [0, 0.05) is 27.6 Å². The SMILES string of the molecule is Cc1cc(=O)oc2cc3c(cc12)O[Si](C(C)(C)C)(C(C)(C)C)O3. The summed E-state index contributed by atoms with van der Waals surface area (Å²) in [7, 11) is -2.59. The Morgan fingerprint density at radius 1 is 0.870 bits per heavy atom. The van der Waals surface area contributed by atoms with E-state index in [1.165, 1.54) is 6.07 Å². The van der Waals surface area contributed by atoms with E-state index in [0.717, 1.165) is 16.7 Å². The maximum Gasteiger partial charge on any atom is 0.471 e. The zero-order valence-corrected chi connectivity index (χ0v) is 15.9. The van der Waals surface area contributed by atoms with Crippen LogP contribution in [0.2, 0.25) is 10.1 Å². The third kappa shape index (κ3) is 2.29. The van der Waals surface area contributed by atoms with Crippen molar-refractivity contribution in [2.24, 2.45) is 0 Å². The second-order valence-corrected chi connectivity index (χ2v) is 13.0. The van der Waals surface area contributed by atoms with Crippen molar-refractivity contribution in [2.45, 2.75) is 58.5 Å². The minimum absolute atomic E-state index is 0.105. The fraction of sp³-hybridized carbons (Fsp3) is 0.500. The van der Waals surface area contributed by atoms with Crippen molar-refractivity contribution in [3.8, 4) is 11.5 Å². The molecule has 1 aromatic carbocycles. The lowest BCUT2D eigenvalue weighted by atomic mass is 10.1. The molecule has 0 aliphatic carbocycles. The highest BCUT2D eigenvalue weighted by molar-refractivity contribution is 6.75. The van der Waals surface area contributed by atoms with Gasteiger partial charge in [0.25, 0.3) is 0 Å². The van der Waals surface area contributed by atoms with Gasteiger partial charge < -0.3 is 13.3 Å². The van der Waals surface area contributed by atoms with Crippen LogP contribution < -0.4 is 14.5 Å². The van der Waals surface area contributed by atoms with Gasteiger partial charge in [-0.25, -0.2) is 4.79 Å². The van der Waals surface area contributed by atoms with Crippen LogP contribution in [0, 0.1) is 6.92 Å². The standard InChI is InChI=1S/C18H24O4Si/c1-11-8-16(19)20-13-10-15-14(9-12(11)13)21-23(22-15,17(2,3)4)18(5,6)7/h8-10H,1-7H3. The maximum absolute atomic E-state index is 11.6. The molecular weight excluding hydrogens is 308 g/mol. The molecule has 1 aromatic heterocycles. The van der Waals surface area contributed by atoms with Gasteiger partial charge in [0.15, 0.2) is 5.75 Å². The van der Waals surface area contributed by atoms with Crippen LogP contribution in [-0.2, 0) is 0 Å². The average molecular weight is 332 g/mol. The number of hydrogen-bond donors (Lipinski definition) is 0. The van der Waals surface area contributed by atoms with Crippen LogP contribution in [0.3, 0.4) is 0 Å². The number of hydrogen-bond acceptors (Lipinski definition) is 4. The second-order valence-electron chi connectivity index (χ2n) is 8.36. The summed E-state index contributed by atoms with van der Waals surface area (Å²) in [6.45, 7) is 14.9. The molecule has 0 unspecified atom stereocenters. The van der Waals surface area contributed by atoms with E-state index in [9.17, 15) is 4.79 Å². The third-order valence-electron chi connectivity index (χ3n) is 4.50. The van der Waals surface area contributed by atoms with E-state index < -0.39 is 8.56 Å². The van der Waals surface area contributed by atoms with E-state index in [1.54, 1.807) is 6.07 Å². The van der Waals surface area contributed by atoms with E-state index in [0.29, 0.717) is 11.3 Å². The van der Waals surface area contributed by atoms with Crippen molar-refractivity contribution in [1.82, 2.24) is 0 Å². The van der Waals surface area contributed by atoms with Crippen molar-refractivity contribution >= 4 is 19.5 Å². The van der Waals surface area contributed by atoms with Gasteiger partial charge >= 0.3 is 14.2 Å². The molecule has 0 atom stereocenters. The Balaban J connectivity index is 2.22. The first-order valence-electron chi connectivity index (χ1n) is 7.91. The molecular formula is C18H24O4Si. The molecule has 4 nitrogen and oxygen atoms in total. The minimum atomic E-state index is -2.59. The number of aryl methyl sites for hydroxylation is 1. The maximum atomic E-state index is 11.6. The average Bonchev–Trinajstić information content (AvgIpc) is 2.75. The smallest absolute Gasteiger partial charge is 0.471 e. The van der Waals surface area contributed by atoms with Crippen LogP contribution in [0.25, 0.3) is 11.0 Å². The molecule has 1 aliphatic heterocycles. The minimum Gasteiger partial charge on any atom is -0.508 e. The van der Waals surface area contributed by atoms with Crippen molar-refractivity contribution in [3.05, 3.63) is 34.2 Å². The van der Waals surface area contributed by atoms with Crippen LogP contribution in [0.15, 0.2) is 27.4 Å². The van der Waals surface area contributed by atoms with E-state index >= 15 is 0 Å². The first-order valence-corrected chi connectivity index (χ1v) is 9.73. The summed E-state index contributed by atoms with van der Waals surface area (Å²) >= 11 is 0. The molecule has 2 heterocycles. The lowest BCUT2D eigenvalue weighted by molar-refractivity contribution is 0.341. The zero-order valence-electron chi connectivity index (χ0n) is 14.9. The monoisotopic (exact) mass is 332 g/mol. The highest BCUT2D eigenvalue weighted by Gasteiger charge is 2.65. The molecule has 3 rings (SSSR count). The Kier molecular flexibility index (Phi) is 3.24. The van der Waals surface area contributed by atoms with Gasteiger partial charge in [-0.05, 0) is 18.6 Å². The molecule has 0 saturated heterocycles. The Morgan fingerprint density at radius 2 is 1.39 bits per heavy atom. The lowest BCUT2D eigenvalue weighted by Crippen LogP contribution is -2.59. The van der Waals surface area contributed by atoms with Crippen LogP contribution in [0.1, 0.15) is 47.1 Å². The summed E-state index contributed by atoms with van der Waals surface area (Å²) in [6.07, 6.45) is 0. The van der Waals surface area contributed by atoms with Gasteiger partial charge in [-0.3, -0.25) is 0 Å². The molecule has 0 fully saturated rings. The van der Waals surface area contributed by atoms with E-state index in [2.05, 4.69) is 41.5 Å². The van der Waals surface area contributed by atoms with Crippen LogP contribution in [0.4, 0.5) is 0 Å². The molecule has 0 spiro atoms. The fourth-order valence-electron chi connectivity index (χ4n) is 3.55. The molecule has 0 bridgehead atoms. The molecule has 23 heavy (non-hydrogen) atoms. The Hall–Kier alpha value is -1.75. The summed E-state index contributed by atoms with van der Waals surface area (Å²) in [5, 5.41) is 0.679. The lowest BCUT2D eigenvalue weighted by Gasteiger charge is -2.43. The van der Waals surface area contributed by atoms with E-state index in [1.807, 2.05) is 13.0 Å². The first-order chi connectivity index (χ1) is 10.4. The van der Waals surface area contributed by atoms with Crippen LogP contribution >= 0.6 is 0 Å². The molecule has 5 heteroatoms. The number of fused-ring (bicyclic) bond motifs is 2. The van der Waals surface area contributed by atoms with Crippen molar-refractivity contribution in [2.75, 3.05) is 0 Å². The Bertz CT molecular complexity index is 823. The van der Waals surface area contributed by atoms with E-state index in [-0.39, 0.29) is 15.7 Å². The van der Waals surface area contributed by atoms with Gasteiger partial charge in [-0.2, -0.15) is 0 Å². The summed E-state index contributed by atoms with van der Waals surface area (Å²) in [5.74, 6) is 1.44. The summed E-state index contributed by atoms with van der Waals surface area (Å²) in [5.41, 5.74) is 1.09. The second kappa shape index (κ2) is 4.63. The van der Waals surface area contributed by atoms with Crippen LogP contribution in [0.5, 0.6) is 11.5 Å². The van der Waals surface area contributed by atoms with Crippen molar-refractivity contribution < 1.29 is 13.3 Å². The largest absolute Gasteiger partial charge is 0.508 e. The van der Waals surface area contributed by atoms with Crippen molar-refractivity contribution in [3.63, 3.8) is 0 Å². The van der Waals surface area contributed by atoms with Crippen molar-refractivity contribution in [1.29, 1.82) is 0 Å². The van der Waals surface area contributed by atoms with Gasteiger partial charge in [-0.15, -0.1) is 0 Å². The number of rotatable bonds is 0. The van der Waals surface area contributed by atoms with Gasteiger partial charge in [-0.1, -0.05) is 41.5 Å². The quantitative estimate of drug-likeness (QED) is 0.508. The molecule has 124 valence electrons. The predicted octanol–water partition coefficient (Wildman–Crippen LogP) is 4.92. The summed E-state index contributed by atoms with van der Waals surface area (Å²) < 4.78 is 18.3. The molecule has 0 saturated carbocycles. The summed E-state index contributed by atoms with van der Waals surface area (Å²) in [6, 6.07) is 5.24. The van der Waals surface area contributed by atoms with E-state index in [4.69, 9.17) is 13.3 Å². The highest BCUT2D eigenvalue weighted by atomic mass is 28.4. The zero-order chi connectivity index (χ0) is 17.2. The molecule has 0 amide bonds. The highest BCUT2D eigenvalue weighted by Crippen LogP contribution is 2.57. The Labute approximate surface area is 137 Å². The molecule has 0 radical (unpaired) electrons. The van der Waals surface area contributed by atoms with Gasteiger partial charge in [0.05, 0.1) is 0 Å². The topological polar surface area (TPSA) is 48.7 Å². The first kappa shape index (κ1) is 16.1. The van der Waals surface area contributed by atoms with Gasteiger partial charge in [0.2, 0.25) is 0 Å². The number of benzene rings is 1. The van der Waals surface area contributed by atoms with Crippen LogP contribution in [-0.4, -0.2) is 8.56 Å². The fourth-order valence-corrected chi connectivity index (χ4v) is 8.01. The molecule has 0 N–H and O–H groups in total.